The number of hydrogen-bond acceptors (Lipinski definition) is 2. The highest BCUT2D eigenvalue weighted by Gasteiger charge is 2.04. The molecule has 2 nitrogen and oxygen atoms in total. The fourth-order valence-corrected chi connectivity index (χ4v) is 2.11. The first-order chi connectivity index (χ1) is 9.29. The minimum absolute atomic E-state index is 0. The number of ether oxygens (including phenoxy) is 1. The maximum absolute atomic E-state index is 6.03. The zero-order chi connectivity index (χ0) is 13.5. The van der Waals surface area contributed by atoms with Crippen LogP contribution in [0.25, 0.3) is 0 Å². The average Bonchev–Trinajstić information content (AvgIpc) is 2.43. The summed E-state index contributed by atoms with van der Waals surface area (Å²) in [6.07, 6.45) is 0. The molecule has 2 aromatic rings. The standard InChI is InChI=1S/C16H18ClNO.ClH/c1-2-19-16-9-8-15(17)10-14(16)12-18-11-13-6-4-3-5-7-13;/h3-10,18H,2,11-12H2,1H3;1H. The maximum atomic E-state index is 6.03. The van der Waals surface area contributed by atoms with Crippen LogP contribution in [0.15, 0.2) is 48.5 Å². The van der Waals surface area contributed by atoms with Gasteiger partial charge in [-0.25, -0.2) is 0 Å². The molecule has 0 aromatic heterocycles. The van der Waals surface area contributed by atoms with Crippen molar-refractivity contribution < 1.29 is 4.74 Å². The lowest BCUT2D eigenvalue weighted by atomic mass is 10.2. The van der Waals surface area contributed by atoms with Gasteiger partial charge < -0.3 is 10.1 Å². The van der Waals surface area contributed by atoms with Crippen LogP contribution in [0.3, 0.4) is 0 Å². The van der Waals surface area contributed by atoms with Gasteiger partial charge in [-0.2, -0.15) is 0 Å². The molecule has 4 heteroatoms. The second kappa shape index (κ2) is 8.85. The van der Waals surface area contributed by atoms with Gasteiger partial charge in [0, 0.05) is 23.7 Å². The minimum atomic E-state index is 0. The van der Waals surface area contributed by atoms with E-state index >= 15 is 0 Å². The van der Waals surface area contributed by atoms with Crippen LogP contribution >= 0.6 is 24.0 Å². The van der Waals surface area contributed by atoms with Gasteiger partial charge in [0.25, 0.3) is 0 Å². The van der Waals surface area contributed by atoms with E-state index in [2.05, 4.69) is 17.4 Å². The number of benzene rings is 2. The molecule has 108 valence electrons. The van der Waals surface area contributed by atoms with Gasteiger partial charge in [0.15, 0.2) is 0 Å². The molecule has 0 aliphatic carbocycles. The fourth-order valence-electron chi connectivity index (χ4n) is 1.92. The van der Waals surface area contributed by atoms with Crippen molar-refractivity contribution in [2.75, 3.05) is 6.61 Å². The van der Waals surface area contributed by atoms with Crippen molar-refractivity contribution in [3.05, 3.63) is 64.7 Å². The van der Waals surface area contributed by atoms with E-state index in [0.717, 1.165) is 29.4 Å². The highest BCUT2D eigenvalue weighted by Crippen LogP contribution is 2.22. The first-order valence-corrected chi connectivity index (χ1v) is 6.83. The summed E-state index contributed by atoms with van der Waals surface area (Å²) in [5.41, 5.74) is 2.35. The molecule has 2 aromatic carbocycles. The Kier molecular flexibility index (Phi) is 7.45. The molecule has 0 radical (unpaired) electrons. The summed E-state index contributed by atoms with van der Waals surface area (Å²) >= 11 is 6.03. The first kappa shape index (κ1) is 16.8. The van der Waals surface area contributed by atoms with E-state index in [1.165, 1.54) is 5.56 Å². The summed E-state index contributed by atoms with van der Waals surface area (Å²) in [7, 11) is 0. The average molecular weight is 312 g/mol. The molecule has 0 aliphatic heterocycles. The topological polar surface area (TPSA) is 21.3 Å². The fraction of sp³-hybridized carbons (Fsp3) is 0.250. The summed E-state index contributed by atoms with van der Waals surface area (Å²) in [6, 6.07) is 16.0. The van der Waals surface area contributed by atoms with Crippen LogP contribution in [0, 0.1) is 0 Å². The lowest BCUT2D eigenvalue weighted by Crippen LogP contribution is -2.13. The van der Waals surface area contributed by atoms with Crippen molar-refractivity contribution in [1.82, 2.24) is 5.32 Å². The Hall–Kier alpha value is -1.22. The molecule has 1 N–H and O–H groups in total. The highest BCUT2D eigenvalue weighted by atomic mass is 35.5. The molecule has 0 aliphatic rings. The van der Waals surface area contributed by atoms with Gasteiger partial charge in [0.2, 0.25) is 0 Å². The van der Waals surface area contributed by atoms with Gasteiger partial charge in [-0.3, -0.25) is 0 Å². The van der Waals surface area contributed by atoms with E-state index in [1.54, 1.807) is 0 Å². The molecular weight excluding hydrogens is 293 g/mol. The van der Waals surface area contributed by atoms with Crippen LogP contribution in [-0.2, 0) is 13.1 Å². The summed E-state index contributed by atoms with van der Waals surface area (Å²) < 4.78 is 5.60. The van der Waals surface area contributed by atoms with Crippen molar-refractivity contribution in [3.8, 4) is 5.75 Å². The predicted octanol–water partition coefficient (Wildman–Crippen LogP) is 4.45. The van der Waals surface area contributed by atoms with Crippen LogP contribution < -0.4 is 10.1 Å². The van der Waals surface area contributed by atoms with Gasteiger partial charge in [-0.1, -0.05) is 41.9 Å². The normalized spacial score (nSPS) is 9.90. The van der Waals surface area contributed by atoms with E-state index < -0.39 is 0 Å². The molecule has 0 atom stereocenters. The molecule has 0 amide bonds. The van der Waals surface area contributed by atoms with Crippen molar-refractivity contribution >= 4 is 24.0 Å². The SMILES string of the molecule is CCOc1ccc(Cl)cc1CNCc1ccccc1.Cl. The molecule has 0 saturated carbocycles. The van der Waals surface area contributed by atoms with Gasteiger partial charge in [0.05, 0.1) is 6.61 Å². The number of hydrogen-bond donors (Lipinski definition) is 1. The lowest BCUT2D eigenvalue weighted by Gasteiger charge is -2.11. The van der Waals surface area contributed by atoms with Crippen LogP contribution in [0.5, 0.6) is 5.75 Å². The zero-order valence-electron chi connectivity index (χ0n) is 11.4. The van der Waals surface area contributed by atoms with Crippen molar-refractivity contribution in [2.45, 2.75) is 20.0 Å². The van der Waals surface area contributed by atoms with Crippen LogP contribution in [0.4, 0.5) is 0 Å². The van der Waals surface area contributed by atoms with Gasteiger partial charge in [-0.15, -0.1) is 12.4 Å². The molecular formula is C16H19Cl2NO. The Morgan fingerprint density at radius 1 is 1.05 bits per heavy atom. The molecule has 0 spiro atoms. The zero-order valence-corrected chi connectivity index (χ0v) is 13.0. The van der Waals surface area contributed by atoms with Crippen LogP contribution in [0.2, 0.25) is 5.02 Å². The number of rotatable bonds is 6. The quantitative estimate of drug-likeness (QED) is 0.851. The summed E-state index contributed by atoms with van der Waals surface area (Å²) in [4.78, 5) is 0. The Morgan fingerprint density at radius 3 is 2.50 bits per heavy atom. The third-order valence-electron chi connectivity index (χ3n) is 2.81. The molecule has 0 saturated heterocycles. The van der Waals surface area contributed by atoms with Crippen molar-refractivity contribution in [2.24, 2.45) is 0 Å². The third kappa shape index (κ3) is 5.04. The Balaban J connectivity index is 0.00000200. The monoisotopic (exact) mass is 311 g/mol. The third-order valence-corrected chi connectivity index (χ3v) is 3.04. The van der Waals surface area contributed by atoms with E-state index in [1.807, 2.05) is 43.3 Å². The van der Waals surface area contributed by atoms with Crippen molar-refractivity contribution in [3.63, 3.8) is 0 Å². The summed E-state index contributed by atoms with van der Waals surface area (Å²) in [6.45, 7) is 4.22. The molecule has 0 fully saturated rings. The smallest absolute Gasteiger partial charge is 0.123 e. The summed E-state index contributed by atoms with van der Waals surface area (Å²) in [5.74, 6) is 0.896. The second-order valence-electron chi connectivity index (χ2n) is 4.27. The highest BCUT2D eigenvalue weighted by molar-refractivity contribution is 6.30. The molecule has 20 heavy (non-hydrogen) atoms. The van der Waals surface area contributed by atoms with Gasteiger partial charge in [-0.05, 0) is 30.7 Å². The largest absolute Gasteiger partial charge is 0.494 e. The van der Waals surface area contributed by atoms with E-state index in [9.17, 15) is 0 Å². The second-order valence-corrected chi connectivity index (χ2v) is 4.71. The maximum Gasteiger partial charge on any atom is 0.123 e. The van der Waals surface area contributed by atoms with Crippen LogP contribution in [0.1, 0.15) is 18.1 Å². The number of nitrogens with one attached hydrogen (secondary N) is 1. The van der Waals surface area contributed by atoms with Gasteiger partial charge in [0.1, 0.15) is 5.75 Å². The predicted molar refractivity (Wildman–Crippen MR) is 86.9 cm³/mol. The summed E-state index contributed by atoms with van der Waals surface area (Å²) in [5, 5.41) is 4.14. The van der Waals surface area contributed by atoms with Gasteiger partial charge >= 0.3 is 0 Å². The van der Waals surface area contributed by atoms with E-state index in [4.69, 9.17) is 16.3 Å². The lowest BCUT2D eigenvalue weighted by molar-refractivity contribution is 0.335. The minimum Gasteiger partial charge on any atom is -0.494 e. The van der Waals surface area contributed by atoms with E-state index in [-0.39, 0.29) is 12.4 Å². The first-order valence-electron chi connectivity index (χ1n) is 6.45. The molecule has 2 rings (SSSR count). The Morgan fingerprint density at radius 2 is 1.80 bits per heavy atom. The van der Waals surface area contributed by atoms with Crippen LogP contribution in [-0.4, -0.2) is 6.61 Å². The Bertz CT molecular complexity index is 517. The molecule has 0 unspecified atom stereocenters. The number of halogens is 2. The Labute approximate surface area is 131 Å². The van der Waals surface area contributed by atoms with E-state index in [0.29, 0.717) is 6.61 Å². The molecule has 0 bridgehead atoms. The molecule has 0 heterocycles. The van der Waals surface area contributed by atoms with Crippen molar-refractivity contribution in [1.29, 1.82) is 0 Å².